The van der Waals surface area contributed by atoms with E-state index in [1.807, 2.05) is 24.4 Å². The van der Waals surface area contributed by atoms with Crippen molar-refractivity contribution in [2.24, 2.45) is 0 Å². The van der Waals surface area contributed by atoms with E-state index in [4.69, 9.17) is 5.73 Å². The molecule has 1 amide bonds. The number of nitrogens with two attached hydrogens (primary N) is 1. The highest BCUT2D eigenvalue weighted by Gasteiger charge is 2.16. The van der Waals surface area contributed by atoms with Crippen molar-refractivity contribution in [3.8, 4) is 10.8 Å². The molecule has 0 aliphatic rings. The van der Waals surface area contributed by atoms with Crippen molar-refractivity contribution >= 4 is 44.6 Å². The van der Waals surface area contributed by atoms with E-state index in [0.29, 0.717) is 33.3 Å². The summed E-state index contributed by atoms with van der Waals surface area (Å²) in [6, 6.07) is 5.61. The molecule has 27 heavy (non-hydrogen) atoms. The molecule has 4 rings (SSSR count). The van der Waals surface area contributed by atoms with Crippen molar-refractivity contribution in [3.63, 3.8) is 0 Å². The second-order valence-corrected chi connectivity index (χ2v) is 7.81. The summed E-state index contributed by atoms with van der Waals surface area (Å²) in [4.78, 5) is 31.0. The van der Waals surface area contributed by atoms with Crippen molar-refractivity contribution in [2.45, 2.75) is 13.3 Å². The van der Waals surface area contributed by atoms with Crippen LogP contribution in [0, 0.1) is 6.92 Å². The number of carbonyl (C=O) groups is 1. The number of thiazole rings is 1. The third-order valence-corrected chi connectivity index (χ3v) is 5.86. The van der Waals surface area contributed by atoms with E-state index in [-0.39, 0.29) is 5.91 Å². The Hall–Kier alpha value is -2.91. The van der Waals surface area contributed by atoms with Gasteiger partial charge in [0.1, 0.15) is 10.6 Å². The van der Waals surface area contributed by atoms with Gasteiger partial charge in [-0.05, 0) is 31.0 Å². The van der Waals surface area contributed by atoms with Gasteiger partial charge < -0.3 is 11.1 Å². The van der Waals surface area contributed by atoms with Crippen molar-refractivity contribution in [2.75, 3.05) is 12.3 Å². The van der Waals surface area contributed by atoms with Gasteiger partial charge in [0.15, 0.2) is 10.8 Å². The maximum absolute atomic E-state index is 12.5. The summed E-state index contributed by atoms with van der Waals surface area (Å²) in [5, 5.41) is 6.27. The molecule has 3 N–H and O–H groups in total. The topological polar surface area (TPSA) is 107 Å². The summed E-state index contributed by atoms with van der Waals surface area (Å²) in [6.07, 6.45) is 4.25. The first-order valence-electron chi connectivity index (χ1n) is 8.27. The maximum atomic E-state index is 12.5. The summed E-state index contributed by atoms with van der Waals surface area (Å²) in [5.74, 6) is 0.699. The lowest BCUT2D eigenvalue weighted by atomic mass is 10.2. The van der Waals surface area contributed by atoms with Crippen LogP contribution in [0.25, 0.3) is 21.0 Å². The minimum absolute atomic E-state index is 0.145. The molecule has 0 atom stereocenters. The number of amides is 1. The lowest BCUT2D eigenvalue weighted by molar-refractivity contribution is 0.0958. The number of anilines is 1. The van der Waals surface area contributed by atoms with Crippen LogP contribution >= 0.6 is 22.7 Å². The second-order valence-electron chi connectivity index (χ2n) is 5.92. The molecule has 0 spiro atoms. The van der Waals surface area contributed by atoms with Gasteiger partial charge in [-0.25, -0.2) is 15.0 Å². The highest BCUT2D eigenvalue weighted by molar-refractivity contribution is 7.20. The zero-order chi connectivity index (χ0) is 18.8. The molecule has 0 fully saturated rings. The lowest BCUT2D eigenvalue weighted by Gasteiger charge is -2.03. The number of carbonyl (C=O) groups excluding carboxylic acids is 1. The Morgan fingerprint density at radius 1 is 1.30 bits per heavy atom. The van der Waals surface area contributed by atoms with Crippen LogP contribution in [0.1, 0.15) is 20.9 Å². The number of pyridine rings is 1. The van der Waals surface area contributed by atoms with Crippen LogP contribution in [-0.2, 0) is 6.42 Å². The van der Waals surface area contributed by atoms with E-state index < -0.39 is 0 Å². The minimum atomic E-state index is -0.145. The van der Waals surface area contributed by atoms with Gasteiger partial charge in [-0.3, -0.25) is 9.78 Å². The van der Waals surface area contributed by atoms with E-state index in [2.05, 4.69) is 25.3 Å². The normalized spacial score (nSPS) is 11.0. The third-order valence-electron chi connectivity index (χ3n) is 3.88. The molecule has 7 nitrogen and oxygen atoms in total. The number of hydrogen-bond acceptors (Lipinski definition) is 8. The molecule has 0 aliphatic heterocycles. The predicted octanol–water partition coefficient (Wildman–Crippen LogP) is 3.07. The highest BCUT2D eigenvalue weighted by Crippen LogP contribution is 2.30. The van der Waals surface area contributed by atoms with Crippen molar-refractivity contribution in [3.05, 3.63) is 52.1 Å². The molecule has 0 aromatic carbocycles. The molecule has 0 saturated heterocycles. The van der Waals surface area contributed by atoms with Gasteiger partial charge in [0.2, 0.25) is 0 Å². The Bertz CT molecular complexity index is 1110. The Morgan fingerprint density at radius 2 is 2.19 bits per heavy atom. The van der Waals surface area contributed by atoms with E-state index in [1.54, 1.807) is 18.5 Å². The first-order valence-corrected chi connectivity index (χ1v) is 9.96. The fraction of sp³-hybridized carbons (Fsp3) is 0.167. The third kappa shape index (κ3) is 3.79. The van der Waals surface area contributed by atoms with E-state index in [1.165, 1.54) is 22.7 Å². The van der Waals surface area contributed by atoms with Crippen molar-refractivity contribution in [1.82, 2.24) is 25.3 Å². The van der Waals surface area contributed by atoms with E-state index in [9.17, 15) is 4.79 Å². The minimum Gasteiger partial charge on any atom is -0.383 e. The zero-order valence-corrected chi connectivity index (χ0v) is 16.1. The van der Waals surface area contributed by atoms with Crippen LogP contribution in [0.15, 0.2) is 36.0 Å². The number of fused-ring (bicyclic) bond motifs is 1. The number of rotatable bonds is 5. The average molecular weight is 397 g/mol. The summed E-state index contributed by atoms with van der Waals surface area (Å²) < 4.78 is 0. The molecule has 4 aromatic rings. The number of hydrogen-bond donors (Lipinski definition) is 2. The first-order chi connectivity index (χ1) is 13.1. The number of nitrogens with one attached hydrogen (secondary N) is 1. The van der Waals surface area contributed by atoms with Gasteiger partial charge in [0.05, 0.1) is 10.3 Å². The molecule has 0 bridgehead atoms. The van der Waals surface area contributed by atoms with Gasteiger partial charge in [-0.15, -0.1) is 22.7 Å². The lowest BCUT2D eigenvalue weighted by Crippen LogP contribution is -2.24. The molecule has 0 aliphatic carbocycles. The first kappa shape index (κ1) is 17.5. The Labute approximate surface area is 163 Å². The largest absolute Gasteiger partial charge is 0.383 e. The van der Waals surface area contributed by atoms with Crippen LogP contribution < -0.4 is 11.1 Å². The van der Waals surface area contributed by atoms with Crippen LogP contribution in [-0.4, -0.2) is 32.4 Å². The summed E-state index contributed by atoms with van der Waals surface area (Å²) in [7, 11) is 0. The van der Waals surface area contributed by atoms with Crippen molar-refractivity contribution < 1.29 is 4.79 Å². The fourth-order valence-corrected chi connectivity index (χ4v) is 4.24. The quantitative estimate of drug-likeness (QED) is 0.537. The molecule has 9 heteroatoms. The Balaban J connectivity index is 1.52. The summed E-state index contributed by atoms with van der Waals surface area (Å²) in [6.45, 7) is 2.45. The number of aromatic nitrogens is 4. The molecule has 136 valence electrons. The zero-order valence-electron chi connectivity index (χ0n) is 14.5. The van der Waals surface area contributed by atoms with Crippen LogP contribution in [0.5, 0.6) is 0 Å². The van der Waals surface area contributed by atoms with Gasteiger partial charge in [-0.1, -0.05) is 6.07 Å². The predicted molar refractivity (Wildman–Crippen MR) is 108 cm³/mol. The Kier molecular flexibility index (Phi) is 4.78. The molecule has 0 saturated carbocycles. The molecule has 4 aromatic heterocycles. The molecule has 0 unspecified atom stereocenters. The van der Waals surface area contributed by atoms with Crippen LogP contribution in [0.4, 0.5) is 5.82 Å². The SMILES string of the molecule is Cc1csc(-c2nc(N)c3cc(C(=O)NCCc4cccnc4)sc3n2)n1. The monoisotopic (exact) mass is 396 g/mol. The Morgan fingerprint density at radius 3 is 2.93 bits per heavy atom. The fourth-order valence-electron chi connectivity index (χ4n) is 2.56. The highest BCUT2D eigenvalue weighted by atomic mass is 32.1. The molecule has 4 heterocycles. The van der Waals surface area contributed by atoms with Gasteiger partial charge >= 0.3 is 0 Å². The number of nitrogen functional groups attached to an aromatic ring is 1. The van der Waals surface area contributed by atoms with Gasteiger partial charge in [0.25, 0.3) is 5.91 Å². The van der Waals surface area contributed by atoms with E-state index >= 15 is 0 Å². The maximum Gasteiger partial charge on any atom is 0.261 e. The summed E-state index contributed by atoms with van der Waals surface area (Å²) in [5.41, 5.74) is 8.08. The number of nitrogens with zero attached hydrogens (tertiary/aromatic N) is 4. The van der Waals surface area contributed by atoms with Gasteiger partial charge in [-0.2, -0.15) is 0 Å². The average Bonchev–Trinajstić information content (AvgIpc) is 3.29. The van der Waals surface area contributed by atoms with Crippen molar-refractivity contribution in [1.29, 1.82) is 0 Å². The number of aryl methyl sites for hydroxylation is 1. The molecular weight excluding hydrogens is 380 g/mol. The number of thiophene rings is 1. The van der Waals surface area contributed by atoms with Gasteiger partial charge in [0, 0.05) is 30.0 Å². The molecule has 0 radical (unpaired) electrons. The second kappa shape index (κ2) is 7.37. The summed E-state index contributed by atoms with van der Waals surface area (Å²) >= 11 is 2.77. The van der Waals surface area contributed by atoms with E-state index in [0.717, 1.165) is 22.7 Å². The van der Waals surface area contributed by atoms with Crippen LogP contribution in [0.2, 0.25) is 0 Å². The smallest absolute Gasteiger partial charge is 0.261 e. The van der Waals surface area contributed by atoms with Crippen LogP contribution in [0.3, 0.4) is 0 Å². The standard InChI is InChI=1S/C18H16N6OS2/c1-10-9-26-18(22-10)15-23-14(19)12-7-13(27-17(12)24-15)16(25)21-6-4-11-3-2-5-20-8-11/h2-3,5,7-9H,4,6H2,1H3,(H,21,25)(H2,19,23,24). The molecular formula is C18H16N6OS2.